The highest BCUT2D eigenvalue weighted by Crippen LogP contribution is 2.40. The quantitative estimate of drug-likeness (QED) is 0.354. The van der Waals surface area contributed by atoms with E-state index in [-0.39, 0.29) is 5.82 Å². The molecule has 5 nitrogen and oxygen atoms in total. The lowest BCUT2D eigenvalue weighted by molar-refractivity contribution is 0.375. The highest BCUT2D eigenvalue weighted by atomic mass is 32.2. The van der Waals surface area contributed by atoms with E-state index in [1.165, 1.54) is 12.1 Å². The number of benzene rings is 1. The highest BCUT2D eigenvalue weighted by Gasteiger charge is 2.29. The van der Waals surface area contributed by atoms with Crippen molar-refractivity contribution in [3.63, 3.8) is 0 Å². The molecule has 0 amide bonds. The van der Waals surface area contributed by atoms with Gasteiger partial charge in [0.2, 0.25) is 5.89 Å². The zero-order chi connectivity index (χ0) is 17.5. The number of thiophene rings is 1. The first kappa shape index (κ1) is 15.9. The van der Waals surface area contributed by atoms with Crippen molar-refractivity contribution in [3.8, 4) is 10.4 Å². The third-order valence-corrected chi connectivity index (χ3v) is 6.45. The fraction of sp³-hybridized carbons (Fsp3) is 0.222. The minimum absolute atomic E-state index is 0.239. The maximum Gasteiger partial charge on any atom is 0.229 e. The molecular weight excluding hydrogens is 371 g/mol. The van der Waals surface area contributed by atoms with Crippen molar-refractivity contribution in [2.45, 2.75) is 29.5 Å². The smallest absolute Gasteiger partial charge is 0.229 e. The summed E-state index contributed by atoms with van der Waals surface area (Å²) in [6.07, 6.45) is 3.85. The van der Waals surface area contributed by atoms with Gasteiger partial charge in [0.05, 0.1) is 16.0 Å². The van der Waals surface area contributed by atoms with E-state index in [4.69, 9.17) is 4.52 Å². The van der Waals surface area contributed by atoms with Crippen molar-refractivity contribution in [1.82, 2.24) is 20.1 Å². The molecule has 1 aliphatic rings. The first-order chi connectivity index (χ1) is 12.8. The maximum absolute atomic E-state index is 13.1. The van der Waals surface area contributed by atoms with Gasteiger partial charge < -0.3 is 4.52 Å². The average Bonchev–Trinajstić information content (AvgIpc) is 3.24. The summed E-state index contributed by atoms with van der Waals surface area (Å²) < 4.78 is 19.5. The maximum atomic E-state index is 13.1. The highest BCUT2D eigenvalue weighted by molar-refractivity contribution is 7.98. The minimum atomic E-state index is -0.239. The van der Waals surface area contributed by atoms with E-state index in [9.17, 15) is 4.39 Å². The standard InChI is InChI=1S/C18H13FN4OS2/c19-12-5-3-10(4-6-12)14-7-13-16(26-14)18(21-9-20-13)25-8-15-22-17(24-23-15)11-1-2-11/h3-7,9,11H,1-2,8H2. The molecule has 130 valence electrons. The van der Waals surface area contributed by atoms with E-state index in [0.717, 1.165) is 44.4 Å². The first-order valence-electron chi connectivity index (χ1n) is 8.22. The fourth-order valence-electron chi connectivity index (χ4n) is 2.65. The molecule has 8 heteroatoms. The molecule has 3 aromatic heterocycles. The van der Waals surface area contributed by atoms with Gasteiger partial charge >= 0.3 is 0 Å². The van der Waals surface area contributed by atoms with Crippen LogP contribution in [0.25, 0.3) is 20.7 Å². The predicted octanol–water partition coefficient (Wildman–Crippen LogP) is 5.05. The first-order valence-corrected chi connectivity index (χ1v) is 10.0. The van der Waals surface area contributed by atoms with E-state index < -0.39 is 0 Å². The molecule has 1 fully saturated rings. The van der Waals surface area contributed by atoms with Crippen LogP contribution < -0.4 is 0 Å². The number of fused-ring (bicyclic) bond motifs is 1. The average molecular weight is 384 g/mol. The lowest BCUT2D eigenvalue weighted by Gasteiger charge is -1.98. The fourth-order valence-corrected chi connectivity index (χ4v) is 4.69. The van der Waals surface area contributed by atoms with E-state index in [1.54, 1.807) is 41.6 Å². The number of halogens is 1. The van der Waals surface area contributed by atoms with Gasteiger partial charge in [-0.1, -0.05) is 29.1 Å². The second-order valence-corrected chi connectivity index (χ2v) is 8.14. The number of thioether (sulfide) groups is 1. The summed E-state index contributed by atoms with van der Waals surface area (Å²) in [6, 6.07) is 8.50. The Balaban J connectivity index is 1.40. The van der Waals surface area contributed by atoms with Gasteiger partial charge in [0, 0.05) is 10.8 Å². The number of hydrogen-bond acceptors (Lipinski definition) is 7. The van der Waals surface area contributed by atoms with Gasteiger partial charge in [0.25, 0.3) is 0 Å². The molecule has 3 heterocycles. The molecule has 0 radical (unpaired) electrons. The van der Waals surface area contributed by atoms with Crippen LogP contribution in [0.3, 0.4) is 0 Å². The Hall–Kier alpha value is -2.32. The zero-order valence-corrected chi connectivity index (χ0v) is 15.2. The van der Waals surface area contributed by atoms with Crippen LogP contribution in [0.15, 0.2) is 46.2 Å². The molecule has 1 aliphatic carbocycles. The summed E-state index contributed by atoms with van der Waals surface area (Å²) >= 11 is 3.18. The predicted molar refractivity (Wildman–Crippen MR) is 98.6 cm³/mol. The number of nitrogens with zero attached hydrogens (tertiary/aromatic N) is 4. The van der Waals surface area contributed by atoms with Gasteiger partial charge in [-0.25, -0.2) is 14.4 Å². The Morgan fingerprint density at radius 2 is 2.04 bits per heavy atom. The van der Waals surface area contributed by atoms with Crippen molar-refractivity contribution in [1.29, 1.82) is 0 Å². The van der Waals surface area contributed by atoms with Crippen LogP contribution in [0.5, 0.6) is 0 Å². The van der Waals surface area contributed by atoms with Crippen LogP contribution in [-0.2, 0) is 5.75 Å². The lowest BCUT2D eigenvalue weighted by atomic mass is 10.2. The molecule has 0 unspecified atom stereocenters. The van der Waals surface area contributed by atoms with E-state index in [2.05, 4.69) is 20.1 Å². The summed E-state index contributed by atoms with van der Waals surface area (Å²) in [4.78, 5) is 14.3. The van der Waals surface area contributed by atoms with Crippen LogP contribution in [0.2, 0.25) is 0 Å². The number of hydrogen-bond donors (Lipinski definition) is 0. The summed E-state index contributed by atoms with van der Waals surface area (Å²) in [5.41, 5.74) is 1.86. The molecule has 0 N–H and O–H groups in total. The molecule has 0 atom stereocenters. The Kier molecular flexibility index (Phi) is 3.94. The Morgan fingerprint density at radius 1 is 1.19 bits per heavy atom. The Labute approximate surface area is 156 Å². The van der Waals surface area contributed by atoms with E-state index in [0.29, 0.717) is 17.5 Å². The van der Waals surface area contributed by atoms with Crippen molar-refractivity contribution in [2.75, 3.05) is 0 Å². The van der Waals surface area contributed by atoms with Crippen molar-refractivity contribution in [3.05, 3.63) is 54.2 Å². The van der Waals surface area contributed by atoms with E-state index in [1.807, 2.05) is 6.07 Å². The molecule has 0 spiro atoms. The van der Waals surface area contributed by atoms with Crippen LogP contribution in [0.1, 0.15) is 30.5 Å². The third-order valence-electron chi connectivity index (χ3n) is 4.16. The summed E-state index contributed by atoms with van der Waals surface area (Å²) in [5.74, 6) is 2.27. The topological polar surface area (TPSA) is 64.7 Å². The molecule has 0 saturated heterocycles. The molecule has 0 aliphatic heterocycles. The molecule has 1 saturated carbocycles. The molecule has 1 aromatic carbocycles. The van der Waals surface area contributed by atoms with E-state index >= 15 is 0 Å². The van der Waals surface area contributed by atoms with Crippen LogP contribution in [0, 0.1) is 5.82 Å². The van der Waals surface area contributed by atoms with Crippen molar-refractivity contribution >= 4 is 33.3 Å². The Bertz CT molecular complexity index is 1070. The molecule has 26 heavy (non-hydrogen) atoms. The normalized spacial score (nSPS) is 14.2. The zero-order valence-electron chi connectivity index (χ0n) is 13.6. The third kappa shape index (κ3) is 3.10. The molecule has 5 rings (SSSR count). The van der Waals surface area contributed by atoms with Crippen LogP contribution >= 0.6 is 23.1 Å². The summed E-state index contributed by atoms with van der Waals surface area (Å²) in [5, 5.41) is 4.95. The van der Waals surface area contributed by atoms with Gasteiger partial charge in [0.15, 0.2) is 5.82 Å². The minimum Gasteiger partial charge on any atom is -0.339 e. The SMILES string of the molecule is Fc1ccc(-c2cc3ncnc(SCc4noc(C5CC5)n4)c3s2)cc1. The van der Waals surface area contributed by atoms with Gasteiger partial charge in [0.1, 0.15) is 17.2 Å². The second kappa shape index (κ2) is 6.44. The van der Waals surface area contributed by atoms with Gasteiger partial charge in [-0.15, -0.1) is 11.3 Å². The molecule has 0 bridgehead atoms. The van der Waals surface area contributed by atoms with Crippen molar-refractivity contribution < 1.29 is 8.91 Å². The van der Waals surface area contributed by atoms with Crippen LogP contribution in [-0.4, -0.2) is 20.1 Å². The van der Waals surface area contributed by atoms with Gasteiger partial charge in [-0.05, 0) is 36.6 Å². The monoisotopic (exact) mass is 384 g/mol. The second-order valence-electron chi connectivity index (χ2n) is 6.12. The molecule has 4 aromatic rings. The largest absolute Gasteiger partial charge is 0.339 e. The molecular formula is C18H13FN4OS2. The summed E-state index contributed by atoms with van der Waals surface area (Å²) in [6.45, 7) is 0. The van der Waals surface area contributed by atoms with Crippen LogP contribution in [0.4, 0.5) is 4.39 Å². The number of rotatable bonds is 5. The number of aromatic nitrogens is 4. The van der Waals surface area contributed by atoms with Crippen molar-refractivity contribution in [2.24, 2.45) is 0 Å². The summed E-state index contributed by atoms with van der Waals surface area (Å²) in [7, 11) is 0. The van der Waals surface area contributed by atoms with Gasteiger partial charge in [-0.2, -0.15) is 4.98 Å². The lowest BCUT2D eigenvalue weighted by Crippen LogP contribution is -1.87. The van der Waals surface area contributed by atoms with Gasteiger partial charge in [-0.3, -0.25) is 0 Å². The Morgan fingerprint density at radius 3 is 2.85 bits per heavy atom.